The molecular formula is C20H27NO12. The molecule has 0 saturated heterocycles. The Bertz CT molecular complexity index is 820. The number of hydrogen-bond acceptors (Lipinski definition) is 12. The van der Waals surface area contributed by atoms with Crippen molar-refractivity contribution in [2.45, 2.75) is 65.1 Å². The molecule has 184 valence electrons. The molecule has 33 heavy (non-hydrogen) atoms. The molecule has 0 aromatic heterocycles. The highest BCUT2D eigenvalue weighted by Gasteiger charge is 2.49. The third kappa shape index (κ3) is 8.79. The van der Waals surface area contributed by atoms with Gasteiger partial charge in [0.25, 0.3) is 0 Å². The van der Waals surface area contributed by atoms with E-state index in [1.165, 1.54) is 6.92 Å². The van der Waals surface area contributed by atoms with E-state index in [1.807, 2.05) is 0 Å². The first-order chi connectivity index (χ1) is 15.3. The Kier molecular flexibility index (Phi) is 10.3. The van der Waals surface area contributed by atoms with Crippen LogP contribution in [0.1, 0.15) is 34.6 Å². The minimum atomic E-state index is -1.52. The van der Waals surface area contributed by atoms with Gasteiger partial charge in [0, 0.05) is 40.7 Å². The zero-order chi connectivity index (χ0) is 25.3. The number of nitrogens with one attached hydrogen (secondary N) is 1. The van der Waals surface area contributed by atoms with Crippen LogP contribution in [0, 0.1) is 0 Å². The van der Waals surface area contributed by atoms with Crippen LogP contribution < -0.4 is 5.32 Å². The lowest BCUT2D eigenvalue weighted by molar-refractivity contribution is -0.191. The molecule has 0 bridgehead atoms. The number of hydrogen-bond donors (Lipinski definition) is 1. The van der Waals surface area contributed by atoms with Crippen LogP contribution in [0.4, 0.5) is 0 Å². The molecular weight excluding hydrogens is 446 g/mol. The lowest BCUT2D eigenvalue weighted by Gasteiger charge is -2.41. The summed E-state index contributed by atoms with van der Waals surface area (Å²) in [5, 5.41) is 2.51. The maximum absolute atomic E-state index is 12.2. The summed E-state index contributed by atoms with van der Waals surface area (Å²) in [6.07, 6.45) is -4.52. The van der Waals surface area contributed by atoms with E-state index in [0.29, 0.717) is 0 Å². The molecule has 1 aliphatic rings. The van der Waals surface area contributed by atoms with Crippen molar-refractivity contribution in [2.24, 2.45) is 0 Å². The van der Waals surface area contributed by atoms with Crippen LogP contribution in [0.15, 0.2) is 11.8 Å². The van der Waals surface area contributed by atoms with Crippen LogP contribution in [-0.2, 0) is 57.2 Å². The van der Waals surface area contributed by atoms with E-state index in [9.17, 15) is 28.8 Å². The molecule has 1 aliphatic heterocycles. The standard InChI is InChI=1S/C20H27NO12/c1-9(22)21-17-14(30-11(3)24)7-15(20(27)28-6)33-19(17)18(32-13(5)26)16(31-12(4)25)8-29-10(2)23/h7,14,16-19H,8H2,1-6H3,(H,21,22)/t14?,16-,17?,18-,19?/m0/s1. The van der Waals surface area contributed by atoms with E-state index in [-0.39, 0.29) is 0 Å². The van der Waals surface area contributed by atoms with Gasteiger partial charge in [-0.15, -0.1) is 0 Å². The molecule has 0 aliphatic carbocycles. The van der Waals surface area contributed by atoms with Gasteiger partial charge in [-0.1, -0.05) is 0 Å². The lowest BCUT2D eigenvalue weighted by atomic mass is 9.93. The van der Waals surface area contributed by atoms with Gasteiger partial charge in [-0.05, 0) is 0 Å². The Morgan fingerprint density at radius 3 is 2.00 bits per heavy atom. The first-order valence-electron chi connectivity index (χ1n) is 9.74. The van der Waals surface area contributed by atoms with Crippen LogP contribution in [0.3, 0.4) is 0 Å². The molecule has 3 unspecified atom stereocenters. The largest absolute Gasteiger partial charge is 0.477 e. The average molecular weight is 473 g/mol. The highest BCUT2D eigenvalue weighted by Crippen LogP contribution is 2.28. The third-order valence-electron chi connectivity index (χ3n) is 4.11. The molecule has 1 heterocycles. The van der Waals surface area contributed by atoms with Crippen molar-refractivity contribution in [2.75, 3.05) is 13.7 Å². The number of carbonyl (C=O) groups excluding carboxylic acids is 6. The van der Waals surface area contributed by atoms with Crippen molar-refractivity contribution < 1.29 is 57.2 Å². The van der Waals surface area contributed by atoms with Gasteiger partial charge >= 0.3 is 29.8 Å². The minimum Gasteiger partial charge on any atom is -0.477 e. The van der Waals surface area contributed by atoms with Gasteiger partial charge in [-0.3, -0.25) is 24.0 Å². The molecule has 0 aromatic rings. The number of carbonyl (C=O) groups is 6. The summed E-state index contributed by atoms with van der Waals surface area (Å²) in [5.41, 5.74) is 0. The van der Waals surface area contributed by atoms with Crippen molar-refractivity contribution in [3.8, 4) is 0 Å². The Labute approximate surface area is 189 Å². The first-order valence-corrected chi connectivity index (χ1v) is 9.74. The normalized spacial score (nSPS) is 21.2. The van der Waals surface area contributed by atoms with E-state index in [1.54, 1.807) is 0 Å². The SMILES string of the molecule is COC(=O)C1=CC(OC(C)=O)C(NC(C)=O)C([C@@H](OC(C)=O)[C@H](COC(C)=O)OC(C)=O)O1. The molecule has 0 spiro atoms. The highest BCUT2D eigenvalue weighted by atomic mass is 16.6. The van der Waals surface area contributed by atoms with Crippen molar-refractivity contribution in [3.63, 3.8) is 0 Å². The maximum atomic E-state index is 12.2. The molecule has 1 amide bonds. The van der Waals surface area contributed by atoms with Crippen molar-refractivity contribution in [1.29, 1.82) is 0 Å². The summed E-state index contributed by atoms with van der Waals surface area (Å²) in [6.45, 7) is 4.96. The Hall–Kier alpha value is -3.64. The summed E-state index contributed by atoms with van der Waals surface area (Å²) in [5.74, 6) is -5.07. The lowest BCUT2D eigenvalue weighted by Crippen LogP contribution is -2.62. The van der Waals surface area contributed by atoms with Crippen LogP contribution in [0.25, 0.3) is 0 Å². The van der Waals surface area contributed by atoms with Gasteiger partial charge in [-0.2, -0.15) is 0 Å². The number of amides is 1. The fourth-order valence-electron chi connectivity index (χ4n) is 3.04. The second kappa shape index (κ2) is 12.4. The molecule has 0 fully saturated rings. The molecule has 0 radical (unpaired) electrons. The second-order valence-electron chi connectivity index (χ2n) is 6.93. The second-order valence-corrected chi connectivity index (χ2v) is 6.93. The molecule has 1 rings (SSSR count). The average Bonchev–Trinajstić information content (AvgIpc) is 2.68. The van der Waals surface area contributed by atoms with Crippen molar-refractivity contribution in [1.82, 2.24) is 5.32 Å². The maximum Gasteiger partial charge on any atom is 0.373 e. The predicted molar refractivity (Wildman–Crippen MR) is 106 cm³/mol. The van der Waals surface area contributed by atoms with Crippen molar-refractivity contribution in [3.05, 3.63) is 11.8 Å². The van der Waals surface area contributed by atoms with Gasteiger partial charge < -0.3 is 33.7 Å². The smallest absolute Gasteiger partial charge is 0.373 e. The molecule has 13 heteroatoms. The van der Waals surface area contributed by atoms with Crippen LogP contribution >= 0.6 is 0 Å². The number of esters is 5. The van der Waals surface area contributed by atoms with Gasteiger partial charge in [0.1, 0.15) is 18.8 Å². The van der Waals surface area contributed by atoms with E-state index in [2.05, 4.69) is 10.1 Å². The Balaban J connectivity index is 3.58. The van der Waals surface area contributed by atoms with Crippen LogP contribution in [0.5, 0.6) is 0 Å². The quantitative estimate of drug-likeness (QED) is 0.331. The fourth-order valence-corrected chi connectivity index (χ4v) is 3.04. The Morgan fingerprint density at radius 1 is 0.939 bits per heavy atom. The van der Waals surface area contributed by atoms with Gasteiger partial charge in [0.2, 0.25) is 11.7 Å². The van der Waals surface area contributed by atoms with Crippen molar-refractivity contribution >= 4 is 35.8 Å². The summed E-state index contributed by atoms with van der Waals surface area (Å²) in [4.78, 5) is 70.6. The third-order valence-corrected chi connectivity index (χ3v) is 4.11. The van der Waals surface area contributed by atoms with Crippen LogP contribution in [0.2, 0.25) is 0 Å². The fraction of sp³-hybridized carbons (Fsp3) is 0.600. The molecule has 13 nitrogen and oxygen atoms in total. The molecule has 0 aromatic carbocycles. The first kappa shape index (κ1) is 27.4. The van der Waals surface area contributed by atoms with E-state index >= 15 is 0 Å². The molecule has 5 atom stereocenters. The zero-order valence-electron chi connectivity index (χ0n) is 19.1. The van der Waals surface area contributed by atoms with E-state index in [0.717, 1.165) is 40.9 Å². The van der Waals surface area contributed by atoms with E-state index in [4.69, 9.17) is 23.7 Å². The summed E-state index contributed by atoms with van der Waals surface area (Å²) < 4.78 is 30.9. The van der Waals surface area contributed by atoms with Gasteiger partial charge in [0.05, 0.1) is 7.11 Å². The number of ether oxygens (including phenoxy) is 6. The summed E-state index contributed by atoms with van der Waals surface area (Å²) in [6, 6.07) is -1.21. The highest BCUT2D eigenvalue weighted by molar-refractivity contribution is 5.86. The molecule has 0 saturated carbocycles. The summed E-state index contributed by atoms with van der Waals surface area (Å²) in [7, 11) is 1.08. The van der Waals surface area contributed by atoms with Gasteiger partial charge in [-0.25, -0.2) is 4.79 Å². The predicted octanol–water partition coefficient (Wildman–Crippen LogP) is -0.695. The van der Waals surface area contributed by atoms with Gasteiger partial charge in [0.15, 0.2) is 18.3 Å². The zero-order valence-corrected chi connectivity index (χ0v) is 19.1. The number of methoxy groups -OCH3 is 1. The minimum absolute atomic E-state index is 0.415. The summed E-state index contributed by atoms with van der Waals surface area (Å²) >= 11 is 0. The number of rotatable bonds is 9. The van der Waals surface area contributed by atoms with E-state index < -0.39 is 78.6 Å². The molecule has 1 N–H and O–H groups in total. The monoisotopic (exact) mass is 473 g/mol. The Morgan fingerprint density at radius 2 is 1.55 bits per heavy atom. The van der Waals surface area contributed by atoms with Crippen LogP contribution in [-0.4, -0.2) is 79.9 Å². The topological polar surface area (TPSA) is 170 Å².